The highest BCUT2D eigenvalue weighted by molar-refractivity contribution is 5.83. The van der Waals surface area contributed by atoms with Crippen LogP contribution in [0.4, 0.5) is 15.8 Å². The van der Waals surface area contributed by atoms with Crippen molar-refractivity contribution in [2.45, 2.75) is 25.9 Å². The first-order valence-electron chi connectivity index (χ1n) is 5.24. The molecule has 1 spiro atoms. The normalized spacial score (nSPS) is 36.6. The summed E-state index contributed by atoms with van der Waals surface area (Å²) in [6.45, 7) is 4.29. The van der Waals surface area contributed by atoms with E-state index in [1.165, 1.54) is 0 Å². The molecule has 78 valence electrons. The van der Waals surface area contributed by atoms with Crippen LogP contribution >= 0.6 is 0 Å². The largest absolute Gasteiger partial charge is 0.399 e. The first-order chi connectivity index (χ1) is 7.07. The second-order valence-corrected chi connectivity index (χ2v) is 4.57. The standard InChI is InChI=1S/C12H14FN2/c1-7-8(2)15(7)6-11(13)10-4-3-9(14)5-12(10)15/h3-8H,14H2,1-2H3/q+1/t7-,8?,15?/m0/s1. The molecular formula is C12H14FN2+. The SMILES string of the molecule is CC1[C@H](C)[N+]12C=C(F)c1ccc(N)cc12. The van der Waals surface area contributed by atoms with Gasteiger partial charge in [0.25, 0.3) is 0 Å². The van der Waals surface area contributed by atoms with E-state index in [9.17, 15) is 4.39 Å². The number of anilines is 1. The second-order valence-electron chi connectivity index (χ2n) is 4.57. The highest BCUT2D eigenvalue weighted by Crippen LogP contribution is 2.54. The maximum atomic E-state index is 13.7. The van der Waals surface area contributed by atoms with E-state index in [1.54, 1.807) is 18.3 Å². The number of nitrogen functional groups attached to an aromatic ring is 1. The van der Waals surface area contributed by atoms with Crippen molar-refractivity contribution in [3.63, 3.8) is 0 Å². The van der Waals surface area contributed by atoms with Crippen LogP contribution in [0.2, 0.25) is 0 Å². The smallest absolute Gasteiger partial charge is 0.189 e. The fourth-order valence-corrected chi connectivity index (χ4v) is 2.79. The molecule has 2 N–H and O–H groups in total. The van der Waals surface area contributed by atoms with Crippen LogP contribution in [0.5, 0.6) is 0 Å². The summed E-state index contributed by atoms with van der Waals surface area (Å²) < 4.78 is 14.4. The van der Waals surface area contributed by atoms with Crippen LogP contribution in [0.15, 0.2) is 24.4 Å². The van der Waals surface area contributed by atoms with Gasteiger partial charge in [0.05, 0.1) is 5.56 Å². The van der Waals surface area contributed by atoms with Crippen LogP contribution in [-0.2, 0) is 0 Å². The lowest BCUT2D eigenvalue weighted by Crippen LogP contribution is -2.20. The molecule has 1 fully saturated rings. The molecule has 2 aliphatic heterocycles. The van der Waals surface area contributed by atoms with Gasteiger partial charge in [-0.05, 0) is 26.0 Å². The van der Waals surface area contributed by atoms with Gasteiger partial charge >= 0.3 is 0 Å². The third-order valence-corrected chi connectivity index (χ3v) is 3.98. The molecule has 1 aromatic carbocycles. The van der Waals surface area contributed by atoms with Gasteiger partial charge in [0.15, 0.2) is 11.5 Å². The summed E-state index contributed by atoms with van der Waals surface area (Å²) in [6, 6.07) is 6.35. The Hall–Kier alpha value is -1.35. The number of halogens is 1. The molecule has 1 saturated heterocycles. The second kappa shape index (κ2) is 2.42. The van der Waals surface area contributed by atoms with Crippen molar-refractivity contribution in [1.82, 2.24) is 4.48 Å². The summed E-state index contributed by atoms with van der Waals surface area (Å²) >= 11 is 0. The topological polar surface area (TPSA) is 26.0 Å². The van der Waals surface area contributed by atoms with E-state index in [0.717, 1.165) is 5.69 Å². The molecule has 0 aromatic heterocycles. The fraction of sp³-hybridized carbons (Fsp3) is 0.333. The summed E-state index contributed by atoms with van der Waals surface area (Å²) in [5.41, 5.74) is 8.20. The minimum Gasteiger partial charge on any atom is -0.399 e. The van der Waals surface area contributed by atoms with Gasteiger partial charge in [0.1, 0.15) is 18.3 Å². The molecule has 0 bridgehead atoms. The van der Waals surface area contributed by atoms with E-state index in [-0.39, 0.29) is 5.83 Å². The lowest BCUT2D eigenvalue weighted by molar-refractivity contribution is 0.639. The Kier molecular flexibility index (Phi) is 1.44. The first kappa shape index (κ1) is 8.92. The predicted molar refractivity (Wildman–Crippen MR) is 60.7 cm³/mol. The summed E-state index contributed by atoms with van der Waals surface area (Å²) in [5, 5.41) is 0. The molecule has 2 unspecified atom stereocenters. The third-order valence-electron chi connectivity index (χ3n) is 3.98. The Morgan fingerprint density at radius 2 is 1.93 bits per heavy atom. The van der Waals surface area contributed by atoms with Crippen molar-refractivity contribution < 1.29 is 4.39 Å². The van der Waals surface area contributed by atoms with Crippen molar-refractivity contribution in [2.75, 3.05) is 5.73 Å². The minimum absolute atomic E-state index is 0.110. The minimum atomic E-state index is -0.110. The quantitative estimate of drug-likeness (QED) is 0.393. The van der Waals surface area contributed by atoms with Crippen LogP contribution in [0.1, 0.15) is 19.4 Å². The highest BCUT2D eigenvalue weighted by atomic mass is 19.1. The molecule has 2 nitrogen and oxygen atoms in total. The van der Waals surface area contributed by atoms with Gasteiger partial charge in [-0.3, -0.25) is 0 Å². The van der Waals surface area contributed by atoms with Crippen molar-refractivity contribution in [1.29, 1.82) is 0 Å². The van der Waals surface area contributed by atoms with Crippen LogP contribution in [0.3, 0.4) is 0 Å². The molecular weight excluding hydrogens is 191 g/mol. The Balaban J connectivity index is 2.24. The van der Waals surface area contributed by atoms with Gasteiger partial charge < -0.3 is 5.73 Å². The summed E-state index contributed by atoms with van der Waals surface area (Å²) in [7, 11) is 0. The molecule has 3 heteroatoms. The van der Waals surface area contributed by atoms with E-state index in [2.05, 4.69) is 13.8 Å². The number of hydrogen-bond acceptors (Lipinski definition) is 1. The molecule has 3 atom stereocenters. The Labute approximate surface area is 88.4 Å². The number of fused-ring (bicyclic) bond motifs is 2. The Bertz CT molecular complexity index is 471. The predicted octanol–water partition coefficient (Wildman–Crippen LogP) is 2.65. The van der Waals surface area contributed by atoms with Crippen LogP contribution in [0.25, 0.3) is 5.83 Å². The van der Waals surface area contributed by atoms with Crippen LogP contribution < -0.4 is 10.2 Å². The van der Waals surface area contributed by atoms with E-state index < -0.39 is 0 Å². The third kappa shape index (κ3) is 0.868. The summed E-state index contributed by atoms with van der Waals surface area (Å²) in [5.74, 6) is -0.110. The van der Waals surface area contributed by atoms with Gasteiger partial charge in [-0.2, -0.15) is 0 Å². The molecule has 3 rings (SSSR count). The molecule has 15 heavy (non-hydrogen) atoms. The van der Waals surface area contributed by atoms with Crippen molar-refractivity contribution in [3.05, 3.63) is 30.0 Å². The lowest BCUT2D eigenvalue weighted by atomic mass is 10.1. The molecule has 0 aliphatic carbocycles. The average molecular weight is 205 g/mol. The number of nitrogens with zero attached hydrogens (tertiary/aromatic N) is 1. The van der Waals surface area contributed by atoms with Crippen LogP contribution in [-0.4, -0.2) is 12.1 Å². The molecule has 0 radical (unpaired) electrons. The first-order valence-corrected chi connectivity index (χ1v) is 5.24. The van der Waals surface area contributed by atoms with Crippen molar-refractivity contribution >= 4 is 17.2 Å². The Morgan fingerprint density at radius 1 is 1.27 bits per heavy atom. The van der Waals surface area contributed by atoms with E-state index in [0.29, 0.717) is 27.8 Å². The zero-order chi connectivity index (χ0) is 10.8. The highest BCUT2D eigenvalue weighted by Gasteiger charge is 2.64. The number of hydrogen-bond donors (Lipinski definition) is 1. The van der Waals surface area contributed by atoms with E-state index >= 15 is 0 Å². The average Bonchev–Trinajstić information content (AvgIpc) is 2.60. The van der Waals surface area contributed by atoms with Gasteiger partial charge in [-0.1, -0.05) is 0 Å². The summed E-state index contributed by atoms with van der Waals surface area (Å²) in [6.07, 6.45) is 1.72. The zero-order valence-electron chi connectivity index (χ0n) is 8.87. The van der Waals surface area contributed by atoms with Gasteiger partial charge in [-0.25, -0.2) is 8.87 Å². The summed E-state index contributed by atoms with van der Waals surface area (Å²) in [4.78, 5) is 0. The number of benzene rings is 1. The fourth-order valence-electron chi connectivity index (χ4n) is 2.79. The maximum Gasteiger partial charge on any atom is 0.189 e. The number of nitrogens with two attached hydrogens (primary N) is 1. The molecule has 0 saturated carbocycles. The number of quaternary nitrogens is 1. The molecule has 0 amide bonds. The monoisotopic (exact) mass is 205 g/mol. The van der Waals surface area contributed by atoms with Gasteiger partial charge in [0, 0.05) is 11.8 Å². The lowest BCUT2D eigenvalue weighted by Gasteiger charge is -2.11. The van der Waals surface area contributed by atoms with E-state index in [4.69, 9.17) is 5.73 Å². The number of rotatable bonds is 0. The zero-order valence-corrected chi connectivity index (χ0v) is 8.87. The van der Waals surface area contributed by atoms with Crippen LogP contribution in [0, 0.1) is 0 Å². The van der Waals surface area contributed by atoms with Crippen molar-refractivity contribution in [3.8, 4) is 0 Å². The maximum absolute atomic E-state index is 13.7. The van der Waals surface area contributed by atoms with Crippen molar-refractivity contribution in [2.24, 2.45) is 0 Å². The van der Waals surface area contributed by atoms with Gasteiger partial charge in [-0.15, -0.1) is 0 Å². The van der Waals surface area contributed by atoms with Gasteiger partial charge in [0.2, 0.25) is 0 Å². The Morgan fingerprint density at radius 3 is 2.53 bits per heavy atom. The molecule has 2 heterocycles. The molecule has 1 aromatic rings. The van der Waals surface area contributed by atoms with E-state index in [1.807, 2.05) is 6.07 Å². The molecule has 2 aliphatic rings.